The van der Waals surface area contributed by atoms with Crippen molar-refractivity contribution in [3.05, 3.63) is 11.8 Å². The molecule has 1 aliphatic rings. The van der Waals surface area contributed by atoms with E-state index in [1.54, 1.807) is 0 Å². The fraction of sp³-hybridized carbons (Fsp3) is 0.444. The normalized spacial score (nSPS) is 15.4. The predicted octanol–water partition coefficient (Wildman–Crippen LogP) is 0.430. The van der Waals surface area contributed by atoms with Crippen molar-refractivity contribution in [3.63, 3.8) is 0 Å². The lowest BCUT2D eigenvalue weighted by molar-refractivity contribution is -0.117. The molecule has 1 N–H and O–H groups in total. The van der Waals surface area contributed by atoms with E-state index in [0.29, 0.717) is 12.2 Å². The summed E-state index contributed by atoms with van der Waals surface area (Å²) >= 11 is 0. The summed E-state index contributed by atoms with van der Waals surface area (Å²) in [6.07, 6.45) is 8.17. The largest absolute Gasteiger partial charge is 0.501 e. The van der Waals surface area contributed by atoms with Crippen molar-refractivity contribution in [2.75, 3.05) is 13.2 Å². The summed E-state index contributed by atoms with van der Waals surface area (Å²) in [5.74, 6) is 2.22. The molecule has 0 fully saturated rings. The molecule has 3 nitrogen and oxygen atoms in total. The Kier molecular flexibility index (Phi) is 3.21. The Hall–Kier alpha value is -1.43. The summed E-state index contributed by atoms with van der Waals surface area (Å²) < 4.78 is 5.01. The first-order valence-electron chi connectivity index (χ1n) is 3.87. The Morgan fingerprint density at radius 2 is 2.67 bits per heavy atom. The van der Waals surface area contributed by atoms with Crippen LogP contribution in [0.1, 0.15) is 12.8 Å². The predicted molar refractivity (Wildman–Crippen MR) is 45.1 cm³/mol. The minimum Gasteiger partial charge on any atom is -0.501 e. The summed E-state index contributed by atoms with van der Waals surface area (Å²) in [6, 6.07) is 0. The van der Waals surface area contributed by atoms with Crippen LogP contribution in [0, 0.1) is 12.3 Å². The zero-order valence-corrected chi connectivity index (χ0v) is 6.80. The van der Waals surface area contributed by atoms with Crippen LogP contribution in [0.5, 0.6) is 0 Å². The summed E-state index contributed by atoms with van der Waals surface area (Å²) in [4.78, 5) is 11.2. The van der Waals surface area contributed by atoms with E-state index < -0.39 is 0 Å². The van der Waals surface area contributed by atoms with Gasteiger partial charge >= 0.3 is 0 Å². The SMILES string of the molecule is C#CCNC(=O)C1=COCCC1. The third-order valence-electron chi connectivity index (χ3n) is 1.58. The van der Waals surface area contributed by atoms with Crippen molar-refractivity contribution in [2.45, 2.75) is 12.8 Å². The summed E-state index contributed by atoms with van der Waals surface area (Å²) in [5, 5.41) is 2.58. The maximum atomic E-state index is 11.2. The van der Waals surface area contributed by atoms with E-state index in [1.165, 1.54) is 6.26 Å². The zero-order chi connectivity index (χ0) is 8.81. The second-order valence-corrected chi connectivity index (χ2v) is 2.50. The van der Waals surface area contributed by atoms with Gasteiger partial charge in [0.05, 0.1) is 25.0 Å². The number of ether oxygens (including phenoxy) is 1. The van der Waals surface area contributed by atoms with Gasteiger partial charge in [-0.3, -0.25) is 4.79 Å². The Bertz CT molecular complexity index is 237. The summed E-state index contributed by atoms with van der Waals surface area (Å²) in [5.41, 5.74) is 0.677. The molecule has 0 radical (unpaired) electrons. The highest BCUT2D eigenvalue weighted by atomic mass is 16.5. The van der Waals surface area contributed by atoms with Crippen molar-refractivity contribution >= 4 is 5.91 Å². The molecule has 1 rings (SSSR count). The van der Waals surface area contributed by atoms with Gasteiger partial charge in [0.15, 0.2) is 0 Å². The lowest BCUT2D eigenvalue weighted by Crippen LogP contribution is -2.26. The highest BCUT2D eigenvalue weighted by Gasteiger charge is 2.11. The fourth-order valence-electron chi connectivity index (χ4n) is 0.976. The molecule has 12 heavy (non-hydrogen) atoms. The van der Waals surface area contributed by atoms with Gasteiger partial charge in [0.25, 0.3) is 5.91 Å². The maximum Gasteiger partial charge on any atom is 0.251 e. The zero-order valence-electron chi connectivity index (χ0n) is 6.80. The van der Waals surface area contributed by atoms with Gasteiger partial charge in [-0.25, -0.2) is 0 Å². The Labute approximate surface area is 71.8 Å². The van der Waals surface area contributed by atoms with Crippen LogP contribution < -0.4 is 5.32 Å². The molecule has 0 aromatic carbocycles. The van der Waals surface area contributed by atoms with Crippen LogP contribution in [0.3, 0.4) is 0 Å². The molecule has 0 aliphatic carbocycles. The standard InChI is InChI=1S/C9H11NO2/c1-2-5-10-9(11)8-4-3-6-12-7-8/h1,7H,3-6H2,(H,10,11). The van der Waals surface area contributed by atoms with Gasteiger partial charge in [-0.1, -0.05) is 5.92 Å². The molecule has 1 amide bonds. The number of amides is 1. The monoisotopic (exact) mass is 165 g/mol. The van der Waals surface area contributed by atoms with Crippen LogP contribution in [-0.2, 0) is 9.53 Å². The van der Waals surface area contributed by atoms with Crippen LogP contribution in [-0.4, -0.2) is 19.1 Å². The van der Waals surface area contributed by atoms with Gasteiger partial charge in [-0.05, 0) is 12.8 Å². The first kappa shape index (κ1) is 8.66. The molecule has 1 heterocycles. The highest BCUT2D eigenvalue weighted by Crippen LogP contribution is 2.10. The van der Waals surface area contributed by atoms with Gasteiger partial charge in [-0.2, -0.15) is 0 Å². The lowest BCUT2D eigenvalue weighted by Gasteiger charge is -2.12. The Morgan fingerprint density at radius 1 is 1.83 bits per heavy atom. The van der Waals surface area contributed by atoms with Crippen molar-refractivity contribution in [1.82, 2.24) is 5.32 Å². The summed E-state index contributed by atoms with van der Waals surface area (Å²) in [6.45, 7) is 0.974. The third kappa shape index (κ3) is 2.31. The van der Waals surface area contributed by atoms with Crippen molar-refractivity contribution in [3.8, 4) is 12.3 Å². The Balaban J connectivity index is 2.41. The quantitative estimate of drug-likeness (QED) is 0.602. The number of rotatable bonds is 2. The van der Waals surface area contributed by atoms with Gasteiger partial charge in [0.1, 0.15) is 0 Å². The first-order chi connectivity index (χ1) is 5.84. The summed E-state index contributed by atoms with van der Waals surface area (Å²) in [7, 11) is 0. The van der Waals surface area contributed by atoms with Gasteiger partial charge in [-0.15, -0.1) is 6.42 Å². The van der Waals surface area contributed by atoms with Crippen molar-refractivity contribution < 1.29 is 9.53 Å². The van der Waals surface area contributed by atoms with E-state index in [9.17, 15) is 4.79 Å². The van der Waals surface area contributed by atoms with E-state index in [-0.39, 0.29) is 12.5 Å². The lowest BCUT2D eigenvalue weighted by atomic mass is 10.1. The smallest absolute Gasteiger partial charge is 0.251 e. The molecular weight excluding hydrogens is 154 g/mol. The van der Waals surface area contributed by atoms with Gasteiger partial charge < -0.3 is 10.1 Å². The first-order valence-corrected chi connectivity index (χ1v) is 3.87. The van der Waals surface area contributed by atoms with Gasteiger partial charge in [0, 0.05) is 0 Å². The number of carbonyl (C=O) groups is 1. The number of hydrogen-bond acceptors (Lipinski definition) is 2. The number of nitrogens with one attached hydrogen (secondary N) is 1. The van der Waals surface area contributed by atoms with Crippen LogP contribution in [0.15, 0.2) is 11.8 Å². The van der Waals surface area contributed by atoms with E-state index >= 15 is 0 Å². The third-order valence-corrected chi connectivity index (χ3v) is 1.58. The average molecular weight is 165 g/mol. The van der Waals surface area contributed by atoms with Crippen molar-refractivity contribution in [2.24, 2.45) is 0 Å². The fourth-order valence-corrected chi connectivity index (χ4v) is 0.976. The number of terminal acetylenes is 1. The van der Waals surface area contributed by atoms with Crippen molar-refractivity contribution in [1.29, 1.82) is 0 Å². The second-order valence-electron chi connectivity index (χ2n) is 2.50. The topological polar surface area (TPSA) is 38.3 Å². The molecule has 0 spiro atoms. The maximum absolute atomic E-state index is 11.2. The second kappa shape index (κ2) is 4.45. The van der Waals surface area contributed by atoms with Crippen LogP contribution in [0.2, 0.25) is 0 Å². The molecule has 0 atom stereocenters. The molecular formula is C9H11NO2. The van der Waals surface area contributed by atoms with Gasteiger partial charge in [0.2, 0.25) is 0 Å². The minimum absolute atomic E-state index is 0.118. The highest BCUT2D eigenvalue weighted by molar-refractivity contribution is 5.93. The average Bonchev–Trinajstić information content (AvgIpc) is 2.15. The molecule has 64 valence electrons. The molecule has 0 saturated carbocycles. The van der Waals surface area contributed by atoms with E-state index in [2.05, 4.69) is 11.2 Å². The number of hydrogen-bond donors (Lipinski definition) is 1. The molecule has 0 saturated heterocycles. The van der Waals surface area contributed by atoms with E-state index in [1.807, 2.05) is 0 Å². The number of carbonyl (C=O) groups excluding carboxylic acids is 1. The van der Waals surface area contributed by atoms with Crippen LogP contribution in [0.25, 0.3) is 0 Å². The molecule has 0 unspecified atom stereocenters. The molecule has 1 aliphatic heterocycles. The van der Waals surface area contributed by atoms with Crippen LogP contribution in [0.4, 0.5) is 0 Å². The van der Waals surface area contributed by atoms with E-state index in [4.69, 9.17) is 11.2 Å². The Morgan fingerprint density at radius 3 is 3.25 bits per heavy atom. The minimum atomic E-state index is -0.118. The molecule has 3 heteroatoms. The van der Waals surface area contributed by atoms with E-state index in [0.717, 1.165) is 12.8 Å². The molecule has 0 aromatic heterocycles. The molecule has 0 bridgehead atoms. The van der Waals surface area contributed by atoms with Crippen LogP contribution >= 0.6 is 0 Å². The molecule has 0 aromatic rings.